The number of ether oxygens (including phenoxy) is 1. The van der Waals surface area contributed by atoms with E-state index >= 15 is 0 Å². The molecule has 35 heavy (non-hydrogen) atoms. The highest BCUT2D eigenvalue weighted by atomic mass is 35.5. The fraction of sp³-hybridized carbons (Fsp3) is 0.208. The first-order chi connectivity index (χ1) is 16.6. The molecule has 0 aliphatic rings. The molecule has 3 N–H and O–H groups in total. The molecule has 0 spiro atoms. The minimum absolute atomic E-state index is 0.0324. The van der Waals surface area contributed by atoms with Gasteiger partial charge in [0.25, 0.3) is 0 Å². The van der Waals surface area contributed by atoms with Crippen molar-refractivity contribution in [2.75, 3.05) is 18.5 Å². The van der Waals surface area contributed by atoms with Crippen LogP contribution in [0.1, 0.15) is 24.6 Å². The van der Waals surface area contributed by atoms with Crippen LogP contribution in [0.15, 0.2) is 48.7 Å². The Hall–Kier alpha value is -3.97. The number of hydrogen-bond donors (Lipinski definition) is 3. The third kappa shape index (κ3) is 7.79. The van der Waals surface area contributed by atoms with Gasteiger partial charge in [0, 0.05) is 35.5 Å². The molecular formula is C24H20ClF3N4O3. The maximum absolute atomic E-state index is 12.9. The number of carbonyl (C=O) groups excluding carboxylic acids is 2. The van der Waals surface area contributed by atoms with Gasteiger partial charge in [-0.25, -0.2) is 4.98 Å². The van der Waals surface area contributed by atoms with Crippen molar-refractivity contribution in [2.24, 2.45) is 0 Å². The van der Waals surface area contributed by atoms with Gasteiger partial charge < -0.3 is 20.4 Å². The highest BCUT2D eigenvalue weighted by molar-refractivity contribution is 6.30. The lowest BCUT2D eigenvalue weighted by atomic mass is 10.1. The average molecular weight is 505 g/mol. The fourth-order valence-electron chi connectivity index (χ4n) is 2.88. The highest BCUT2D eigenvalue weighted by Crippen LogP contribution is 2.33. The van der Waals surface area contributed by atoms with Crippen LogP contribution in [0.3, 0.4) is 0 Å². The predicted octanol–water partition coefficient (Wildman–Crippen LogP) is 4.64. The van der Waals surface area contributed by atoms with E-state index in [1.807, 2.05) is 0 Å². The Morgan fingerprint density at radius 3 is 2.69 bits per heavy atom. The molecule has 3 rings (SSSR count). The third-order valence-electron chi connectivity index (χ3n) is 4.48. The van der Waals surface area contributed by atoms with Gasteiger partial charge in [-0.3, -0.25) is 9.59 Å². The monoisotopic (exact) mass is 504 g/mol. The first-order valence-corrected chi connectivity index (χ1v) is 10.7. The molecule has 1 heterocycles. The summed E-state index contributed by atoms with van der Waals surface area (Å²) in [6.07, 6.45) is -3.39. The summed E-state index contributed by atoms with van der Waals surface area (Å²) >= 11 is 5.92. The Balaban J connectivity index is 1.81. The van der Waals surface area contributed by atoms with E-state index in [1.165, 1.54) is 25.1 Å². The third-order valence-corrected chi connectivity index (χ3v) is 4.72. The molecule has 7 nitrogen and oxygen atoms in total. The number of benzene rings is 2. The molecule has 0 saturated carbocycles. The maximum Gasteiger partial charge on any atom is 0.432 e. The molecule has 0 fully saturated rings. The minimum Gasteiger partial charge on any atom is -0.491 e. The Morgan fingerprint density at radius 1 is 1.20 bits per heavy atom. The molecule has 0 radical (unpaired) electrons. The predicted molar refractivity (Wildman–Crippen MR) is 125 cm³/mol. The van der Waals surface area contributed by atoms with Crippen LogP contribution in [0.25, 0.3) is 11.4 Å². The lowest BCUT2D eigenvalue weighted by molar-refractivity contribution is -0.140. The number of H-pyrrole nitrogens is 1. The number of halogens is 4. The number of rotatable bonds is 7. The van der Waals surface area contributed by atoms with E-state index in [4.69, 9.17) is 16.3 Å². The Kier molecular flexibility index (Phi) is 8.39. The minimum atomic E-state index is -4.57. The van der Waals surface area contributed by atoms with E-state index < -0.39 is 17.8 Å². The number of hydrogen-bond acceptors (Lipinski definition) is 4. The summed E-state index contributed by atoms with van der Waals surface area (Å²) in [5, 5.41) is 5.71. The number of aromatic nitrogens is 2. The van der Waals surface area contributed by atoms with Crippen LogP contribution in [0.5, 0.6) is 5.75 Å². The maximum atomic E-state index is 12.9. The molecule has 1 aromatic heterocycles. The van der Waals surface area contributed by atoms with Gasteiger partial charge in [-0.05, 0) is 42.8 Å². The Morgan fingerprint density at radius 2 is 2.00 bits per heavy atom. The van der Waals surface area contributed by atoms with Gasteiger partial charge in [0.1, 0.15) is 17.3 Å². The normalized spacial score (nSPS) is 10.8. The molecule has 0 atom stereocenters. The molecule has 0 aliphatic carbocycles. The van der Waals surface area contributed by atoms with E-state index in [0.29, 0.717) is 35.3 Å². The number of imidazole rings is 1. The van der Waals surface area contributed by atoms with Crippen LogP contribution in [-0.4, -0.2) is 34.9 Å². The second-order valence-corrected chi connectivity index (χ2v) is 7.69. The van der Waals surface area contributed by atoms with Gasteiger partial charge in [0.05, 0.1) is 18.5 Å². The summed E-state index contributed by atoms with van der Waals surface area (Å²) in [4.78, 5) is 29.4. The topological polar surface area (TPSA) is 96.1 Å². The van der Waals surface area contributed by atoms with Gasteiger partial charge >= 0.3 is 12.1 Å². The second kappa shape index (κ2) is 11.4. The SMILES string of the molecule is CC(=O)NCCCOc1ccc(-c2ncc(C(F)(F)F)[nH]2)cc1NC(=O)C#Cc1cccc(Cl)c1. The number of nitrogens with zero attached hydrogens (tertiary/aromatic N) is 1. The first-order valence-electron chi connectivity index (χ1n) is 10.3. The molecule has 2 aromatic carbocycles. The van der Waals surface area contributed by atoms with E-state index in [0.717, 1.165) is 0 Å². The summed E-state index contributed by atoms with van der Waals surface area (Å²) in [5.41, 5.74) is 0.0245. The largest absolute Gasteiger partial charge is 0.491 e. The van der Waals surface area contributed by atoms with Crippen LogP contribution < -0.4 is 15.4 Å². The lowest BCUT2D eigenvalue weighted by Crippen LogP contribution is -2.22. The van der Waals surface area contributed by atoms with Gasteiger partial charge in [0.2, 0.25) is 5.91 Å². The fourth-order valence-corrected chi connectivity index (χ4v) is 3.07. The number of carbonyl (C=O) groups is 2. The van der Waals surface area contributed by atoms with Gasteiger partial charge in [0.15, 0.2) is 0 Å². The molecular weight excluding hydrogens is 485 g/mol. The van der Waals surface area contributed by atoms with Gasteiger partial charge in [-0.15, -0.1) is 0 Å². The first kappa shape index (κ1) is 25.6. The van der Waals surface area contributed by atoms with Crippen molar-refractivity contribution in [3.8, 4) is 29.0 Å². The Labute approximate surface area is 204 Å². The van der Waals surface area contributed by atoms with Crippen LogP contribution in [-0.2, 0) is 15.8 Å². The van der Waals surface area contributed by atoms with Crippen molar-refractivity contribution in [3.05, 3.63) is 64.9 Å². The van der Waals surface area contributed by atoms with Gasteiger partial charge in [-0.1, -0.05) is 23.6 Å². The molecule has 0 bridgehead atoms. The highest BCUT2D eigenvalue weighted by Gasteiger charge is 2.33. The number of aromatic amines is 1. The zero-order chi connectivity index (χ0) is 25.4. The van der Waals surface area contributed by atoms with Crippen LogP contribution in [0, 0.1) is 11.8 Å². The van der Waals surface area contributed by atoms with Crippen molar-refractivity contribution in [1.29, 1.82) is 0 Å². The van der Waals surface area contributed by atoms with Gasteiger partial charge in [-0.2, -0.15) is 13.2 Å². The molecule has 182 valence electrons. The van der Waals surface area contributed by atoms with Crippen LogP contribution >= 0.6 is 11.6 Å². The summed E-state index contributed by atoms with van der Waals surface area (Å²) in [7, 11) is 0. The van der Waals surface area contributed by atoms with E-state index in [9.17, 15) is 22.8 Å². The number of amides is 2. The Bertz CT molecular complexity index is 1280. The average Bonchev–Trinajstić information content (AvgIpc) is 3.29. The molecule has 11 heteroatoms. The summed E-state index contributed by atoms with van der Waals surface area (Å²) < 4.78 is 44.5. The molecule has 2 amide bonds. The van der Waals surface area contributed by atoms with Crippen molar-refractivity contribution in [3.63, 3.8) is 0 Å². The number of anilines is 1. The number of nitrogens with one attached hydrogen (secondary N) is 3. The second-order valence-electron chi connectivity index (χ2n) is 7.25. The van der Waals surface area contributed by atoms with E-state index in [1.54, 1.807) is 24.3 Å². The quantitative estimate of drug-likeness (QED) is 0.322. The number of alkyl halides is 3. The molecule has 0 saturated heterocycles. The smallest absolute Gasteiger partial charge is 0.432 e. The lowest BCUT2D eigenvalue weighted by Gasteiger charge is -2.13. The van der Waals surface area contributed by atoms with E-state index in [2.05, 4.69) is 32.4 Å². The van der Waals surface area contributed by atoms with Crippen molar-refractivity contribution in [2.45, 2.75) is 19.5 Å². The van der Waals surface area contributed by atoms with E-state index in [-0.39, 0.29) is 29.8 Å². The molecule has 0 aliphatic heterocycles. The van der Waals surface area contributed by atoms with Crippen LogP contribution in [0.4, 0.5) is 18.9 Å². The summed E-state index contributed by atoms with van der Waals surface area (Å²) in [6, 6.07) is 11.1. The zero-order valence-corrected chi connectivity index (χ0v) is 19.2. The zero-order valence-electron chi connectivity index (χ0n) is 18.4. The van der Waals surface area contributed by atoms with Crippen molar-refractivity contribution < 1.29 is 27.5 Å². The van der Waals surface area contributed by atoms with Crippen LogP contribution in [0.2, 0.25) is 5.02 Å². The molecule has 3 aromatic rings. The summed E-state index contributed by atoms with van der Waals surface area (Å²) in [6.45, 7) is 2.01. The van der Waals surface area contributed by atoms with Crippen molar-refractivity contribution >= 4 is 29.1 Å². The summed E-state index contributed by atoms with van der Waals surface area (Å²) in [5.74, 6) is 4.54. The standard InChI is InChI=1S/C24H20ClF3N4O3/c1-15(33)29-10-3-11-35-20-8-7-17(23-30-14-21(32-23)24(26,27)28)13-19(20)31-22(34)9-6-16-4-2-5-18(25)12-16/h2,4-5,7-8,12-14H,3,10-11H2,1H3,(H,29,33)(H,30,32)(H,31,34). The van der Waals surface area contributed by atoms with Crippen molar-refractivity contribution in [1.82, 2.24) is 15.3 Å². The molecule has 0 unspecified atom stereocenters.